The zero-order valence-electron chi connectivity index (χ0n) is 16.0. The van der Waals surface area contributed by atoms with E-state index in [1.165, 1.54) is 0 Å². The second-order valence-corrected chi connectivity index (χ2v) is 7.62. The van der Waals surface area contributed by atoms with E-state index in [9.17, 15) is 4.79 Å². The highest BCUT2D eigenvalue weighted by atomic mass is 35.5. The molecule has 27 heavy (non-hydrogen) atoms. The molecule has 144 valence electrons. The molecular formula is C22H27ClN2O2. The molecule has 1 amide bonds. The van der Waals surface area contributed by atoms with Crippen LogP contribution in [0.4, 0.5) is 0 Å². The van der Waals surface area contributed by atoms with Crippen LogP contribution in [-0.2, 0) is 17.9 Å². The van der Waals surface area contributed by atoms with Crippen LogP contribution in [0.2, 0.25) is 5.02 Å². The number of halogens is 1. The fourth-order valence-corrected chi connectivity index (χ4v) is 3.86. The van der Waals surface area contributed by atoms with Gasteiger partial charge in [-0.1, -0.05) is 41.9 Å². The maximum atomic E-state index is 12.9. The lowest BCUT2D eigenvalue weighted by molar-refractivity contribution is -0.136. The van der Waals surface area contributed by atoms with Gasteiger partial charge in [0.15, 0.2) is 0 Å². The van der Waals surface area contributed by atoms with Crippen molar-refractivity contribution in [3.05, 3.63) is 64.7 Å². The average Bonchev–Trinajstić information content (AvgIpc) is 2.70. The first kappa shape index (κ1) is 19.7. The fourth-order valence-electron chi connectivity index (χ4n) is 3.66. The molecule has 0 aliphatic carbocycles. The largest absolute Gasteiger partial charge is 0.497 e. The average molecular weight is 387 g/mol. The molecule has 1 saturated heterocycles. The molecule has 1 atom stereocenters. The summed E-state index contributed by atoms with van der Waals surface area (Å²) in [6, 6.07) is 15.8. The zero-order valence-corrected chi connectivity index (χ0v) is 16.8. The van der Waals surface area contributed by atoms with Crippen molar-refractivity contribution in [3.63, 3.8) is 0 Å². The van der Waals surface area contributed by atoms with E-state index in [2.05, 4.69) is 11.0 Å². The molecule has 5 heteroatoms. The van der Waals surface area contributed by atoms with Crippen molar-refractivity contribution in [3.8, 4) is 5.75 Å². The standard InChI is InChI=1S/C22H27ClN2O2/c1-24(14-17-9-11-20(27-2)12-10-17)22(26)19-7-5-13-25(16-19)15-18-6-3-4-8-21(18)23/h3-4,6,8-12,19H,5,7,13-16H2,1-2H3/t19-/m0/s1. The Morgan fingerprint density at radius 1 is 1.22 bits per heavy atom. The van der Waals surface area contributed by atoms with Crippen LogP contribution in [0.25, 0.3) is 0 Å². The second-order valence-electron chi connectivity index (χ2n) is 7.21. The number of hydrogen-bond donors (Lipinski definition) is 0. The van der Waals surface area contributed by atoms with Crippen LogP contribution in [0.1, 0.15) is 24.0 Å². The molecule has 0 saturated carbocycles. The molecule has 0 aromatic heterocycles. The lowest BCUT2D eigenvalue weighted by Crippen LogP contribution is -2.43. The van der Waals surface area contributed by atoms with E-state index < -0.39 is 0 Å². The van der Waals surface area contributed by atoms with Gasteiger partial charge in [0, 0.05) is 31.7 Å². The Bertz CT molecular complexity index is 763. The van der Waals surface area contributed by atoms with Crippen molar-refractivity contribution in [1.29, 1.82) is 0 Å². The van der Waals surface area contributed by atoms with Gasteiger partial charge < -0.3 is 9.64 Å². The van der Waals surface area contributed by atoms with Gasteiger partial charge in [-0.15, -0.1) is 0 Å². The molecule has 0 spiro atoms. The van der Waals surface area contributed by atoms with Gasteiger partial charge in [-0.05, 0) is 48.7 Å². The van der Waals surface area contributed by atoms with Crippen molar-refractivity contribution in [2.75, 3.05) is 27.2 Å². The summed E-state index contributed by atoms with van der Waals surface area (Å²) in [5.41, 5.74) is 2.23. The molecule has 1 aliphatic rings. The normalized spacial score (nSPS) is 17.5. The lowest BCUT2D eigenvalue weighted by Gasteiger charge is -2.34. The highest BCUT2D eigenvalue weighted by Crippen LogP contribution is 2.24. The molecule has 0 bridgehead atoms. The number of methoxy groups -OCH3 is 1. The Morgan fingerprint density at radius 2 is 1.96 bits per heavy atom. The summed E-state index contributed by atoms with van der Waals surface area (Å²) in [4.78, 5) is 17.1. The quantitative estimate of drug-likeness (QED) is 0.745. The molecule has 4 nitrogen and oxygen atoms in total. The molecule has 2 aromatic rings. The first-order valence-corrected chi connectivity index (χ1v) is 9.78. The summed E-state index contributed by atoms with van der Waals surface area (Å²) in [5, 5.41) is 0.794. The number of piperidine rings is 1. The van der Waals surface area contributed by atoms with E-state index >= 15 is 0 Å². The predicted molar refractivity (Wildman–Crippen MR) is 109 cm³/mol. The number of hydrogen-bond acceptors (Lipinski definition) is 3. The number of nitrogens with zero attached hydrogens (tertiary/aromatic N) is 2. The van der Waals surface area contributed by atoms with Gasteiger partial charge in [0.2, 0.25) is 5.91 Å². The SMILES string of the molecule is COc1ccc(CN(C)C(=O)[C@H]2CCCN(Cc3ccccc3Cl)C2)cc1. The minimum absolute atomic E-state index is 0.0458. The van der Waals surface area contributed by atoms with Crippen LogP contribution in [-0.4, -0.2) is 43.0 Å². The number of ether oxygens (including phenoxy) is 1. The third-order valence-corrected chi connectivity index (χ3v) is 5.53. The van der Waals surface area contributed by atoms with Crippen molar-refractivity contribution in [2.45, 2.75) is 25.9 Å². The minimum Gasteiger partial charge on any atom is -0.497 e. The Kier molecular flexibility index (Phi) is 6.75. The molecule has 1 fully saturated rings. The van der Waals surface area contributed by atoms with Gasteiger partial charge in [-0.3, -0.25) is 9.69 Å². The van der Waals surface area contributed by atoms with E-state index in [0.29, 0.717) is 6.54 Å². The maximum absolute atomic E-state index is 12.9. The van der Waals surface area contributed by atoms with Gasteiger partial charge >= 0.3 is 0 Å². The van der Waals surface area contributed by atoms with Crippen LogP contribution in [0, 0.1) is 5.92 Å². The third kappa shape index (κ3) is 5.24. The van der Waals surface area contributed by atoms with Crippen LogP contribution in [0.3, 0.4) is 0 Å². The Labute approximate surface area is 166 Å². The molecule has 0 unspecified atom stereocenters. The Hall–Kier alpha value is -2.04. The van der Waals surface area contributed by atoms with E-state index in [-0.39, 0.29) is 11.8 Å². The number of rotatable bonds is 6. The van der Waals surface area contributed by atoms with E-state index in [1.54, 1.807) is 7.11 Å². The number of carbonyl (C=O) groups is 1. The number of likely N-dealkylation sites (tertiary alicyclic amines) is 1. The zero-order chi connectivity index (χ0) is 19.2. The Balaban J connectivity index is 1.57. The molecule has 3 rings (SSSR count). The second kappa shape index (κ2) is 9.25. The highest BCUT2D eigenvalue weighted by molar-refractivity contribution is 6.31. The van der Waals surface area contributed by atoms with Gasteiger partial charge in [0.1, 0.15) is 5.75 Å². The Morgan fingerprint density at radius 3 is 2.67 bits per heavy atom. The van der Waals surface area contributed by atoms with Crippen LogP contribution >= 0.6 is 11.6 Å². The summed E-state index contributed by atoms with van der Waals surface area (Å²) in [7, 11) is 3.54. The van der Waals surface area contributed by atoms with Crippen LogP contribution in [0.15, 0.2) is 48.5 Å². The van der Waals surface area contributed by atoms with E-state index in [0.717, 1.165) is 54.4 Å². The molecule has 0 radical (unpaired) electrons. The topological polar surface area (TPSA) is 32.8 Å². The molecule has 0 N–H and O–H groups in total. The number of carbonyl (C=O) groups excluding carboxylic acids is 1. The summed E-state index contributed by atoms with van der Waals surface area (Å²) in [6.45, 7) is 3.21. The monoisotopic (exact) mass is 386 g/mol. The summed E-state index contributed by atoms with van der Waals surface area (Å²) in [6.07, 6.45) is 1.99. The fraction of sp³-hybridized carbons (Fsp3) is 0.409. The summed E-state index contributed by atoms with van der Waals surface area (Å²) >= 11 is 6.29. The molecule has 2 aromatic carbocycles. The molecular weight excluding hydrogens is 360 g/mol. The van der Waals surface area contributed by atoms with Gasteiger partial charge in [0.25, 0.3) is 0 Å². The maximum Gasteiger partial charge on any atom is 0.227 e. The summed E-state index contributed by atoms with van der Waals surface area (Å²) < 4.78 is 5.19. The summed E-state index contributed by atoms with van der Waals surface area (Å²) in [5.74, 6) is 1.09. The van der Waals surface area contributed by atoms with Gasteiger partial charge in [0.05, 0.1) is 13.0 Å². The smallest absolute Gasteiger partial charge is 0.227 e. The van der Waals surface area contributed by atoms with Crippen LogP contribution in [0.5, 0.6) is 5.75 Å². The first-order valence-electron chi connectivity index (χ1n) is 9.40. The third-order valence-electron chi connectivity index (χ3n) is 5.16. The highest BCUT2D eigenvalue weighted by Gasteiger charge is 2.28. The predicted octanol–water partition coefficient (Wildman–Crippen LogP) is 4.22. The van der Waals surface area contributed by atoms with Crippen molar-refractivity contribution >= 4 is 17.5 Å². The number of amides is 1. The van der Waals surface area contributed by atoms with Crippen molar-refractivity contribution in [1.82, 2.24) is 9.80 Å². The molecule has 1 aliphatic heterocycles. The lowest BCUT2D eigenvalue weighted by atomic mass is 9.96. The molecule has 1 heterocycles. The first-order chi connectivity index (χ1) is 13.1. The van der Waals surface area contributed by atoms with E-state index in [1.807, 2.05) is 54.4 Å². The van der Waals surface area contributed by atoms with Crippen molar-refractivity contribution in [2.24, 2.45) is 5.92 Å². The minimum atomic E-state index is 0.0458. The van der Waals surface area contributed by atoms with Crippen molar-refractivity contribution < 1.29 is 9.53 Å². The number of benzene rings is 2. The van der Waals surface area contributed by atoms with Crippen LogP contribution < -0.4 is 4.74 Å². The van der Waals surface area contributed by atoms with Gasteiger partial charge in [-0.25, -0.2) is 0 Å². The van der Waals surface area contributed by atoms with E-state index in [4.69, 9.17) is 16.3 Å². The van der Waals surface area contributed by atoms with Gasteiger partial charge in [-0.2, -0.15) is 0 Å².